The lowest BCUT2D eigenvalue weighted by atomic mass is 10.1. The SMILES string of the molecule is CCCCCCCCS(=O)(=O)N[C@@H](Cc1ccc(OCCCC(=O)NC2=NCCCN2)cc1)C(=O)O. The van der Waals surface area contributed by atoms with E-state index in [1.54, 1.807) is 24.3 Å². The fraction of sp³-hybridized carbons (Fsp3) is 0.640. The van der Waals surface area contributed by atoms with Crippen LogP contribution in [0.4, 0.5) is 0 Å². The molecule has 0 aromatic heterocycles. The number of carboxylic acid groups (broad SMARTS) is 1. The molecule has 11 heteroatoms. The van der Waals surface area contributed by atoms with Gasteiger partial charge in [0.05, 0.1) is 12.4 Å². The first-order chi connectivity index (χ1) is 17.3. The number of carboxylic acids is 1. The molecule has 1 aromatic rings. The number of hydrogen-bond acceptors (Lipinski definition) is 7. The van der Waals surface area contributed by atoms with Crippen LogP contribution in [0.25, 0.3) is 0 Å². The summed E-state index contributed by atoms with van der Waals surface area (Å²) < 4.78 is 32.7. The second kappa shape index (κ2) is 16.2. The van der Waals surface area contributed by atoms with E-state index in [-0.39, 0.29) is 18.1 Å². The van der Waals surface area contributed by atoms with Crippen LogP contribution in [0.1, 0.15) is 70.3 Å². The Kier molecular flexibility index (Phi) is 13.3. The van der Waals surface area contributed by atoms with E-state index in [4.69, 9.17) is 4.74 Å². The van der Waals surface area contributed by atoms with E-state index in [0.29, 0.717) is 49.7 Å². The minimum atomic E-state index is -3.68. The molecule has 0 radical (unpaired) electrons. The number of hydrogen-bond donors (Lipinski definition) is 4. The molecule has 0 saturated carbocycles. The summed E-state index contributed by atoms with van der Waals surface area (Å²) in [6.07, 6.45) is 7.50. The third kappa shape index (κ3) is 12.3. The van der Waals surface area contributed by atoms with E-state index in [2.05, 4.69) is 27.3 Å². The van der Waals surface area contributed by atoms with E-state index in [1.165, 1.54) is 0 Å². The number of carbonyl (C=O) groups excluding carboxylic acids is 1. The number of ether oxygens (including phenoxy) is 1. The average molecular weight is 525 g/mol. The third-order valence-electron chi connectivity index (χ3n) is 5.72. The maximum atomic E-state index is 12.4. The van der Waals surface area contributed by atoms with Crippen LogP contribution < -0.4 is 20.1 Å². The van der Waals surface area contributed by atoms with Crippen LogP contribution in [0, 0.1) is 0 Å². The molecular weight excluding hydrogens is 484 g/mol. The van der Waals surface area contributed by atoms with Gasteiger partial charge in [0.2, 0.25) is 15.9 Å². The Balaban J connectivity index is 1.72. The van der Waals surface area contributed by atoms with Crippen LogP contribution >= 0.6 is 0 Å². The Morgan fingerprint density at radius 2 is 1.83 bits per heavy atom. The number of guanidine groups is 1. The van der Waals surface area contributed by atoms with Crippen molar-refractivity contribution in [3.05, 3.63) is 29.8 Å². The molecule has 0 saturated heterocycles. The Labute approximate surface area is 214 Å². The first-order valence-corrected chi connectivity index (χ1v) is 14.5. The second-order valence-electron chi connectivity index (χ2n) is 8.95. The Morgan fingerprint density at radius 1 is 1.11 bits per heavy atom. The summed E-state index contributed by atoms with van der Waals surface area (Å²) >= 11 is 0. The molecule has 1 aromatic carbocycles. The van der Waals surface area contributed by atoms with Crippen LogP contribution in [-0.4, -0.2) is 62.9 Å². The molecule has 1 atom stereocenters. The predicted octanol–water partition coefficient (Wildman–Crippen LogP) is 2.59. The molecule has 36 heavy (non-hydrogen) atoms. The maximum absolute atomic E-state index is 12.4. The number of nitrogens with zero attached hydrogens (tertiary/aromatic N) is 1. The number of aliphatic carboxylic acids is 1. The number of nitrogens with one attached hydrogen (secondary N) is 3. The largest absolute Gasteiger partial charge is 0.494 e. The first-order valence-electron chi connectivity index (χ1n) is 12.8. The topological polar surface area (TPSA) is 146 Å². The minimum Gasteiger partial charge on any atom is -0.494 e. The lowest BCUT2D eigenvalue weighted by Crippen LogP contribution is -2.43. The van der Waals surface area contributed by atoms with Gasteiger partial charge in [-0.1, -0.05) is 51.2 Å². The van der Waals surface area contributed by atoms with E-state index >= 15 is 0 Å². The van der Waals surface area contributed by atoms with Crippen molar-refractivity contribution in [2.45, 2.75) is 77.2 Å². The highest BCUT2D eigenvalue weighted by Gasteiger charge is 2.24. The van der Waals surface area contributed by atoms with E-state index in [1.807, 2.05) is 0 Å². The second-order valence-corrected chi connectivity index (χ2v) is 10.8. The fourth-order valence-electron chi connectivity index (χ4n) is 3.72. The van der Waals surface area contributed by atoms with Crippen molar-refractivity contribution in [2.24, 2.45) is 4.99 Å². The highest BCUT2D eigenvalue weighted by atomic mass is 32.2. The van der Waals surface area contributed by atoms with E-state index in [0.717, 1.165) is 45.1 Å². The molecule has 0 bridgehead atoms. The Hall–Kier alpha value is -2.66. The minimum absolute atomic E-state index is 0.0312. The van der Waals surface area contributed by atoms with Crippen molar-refractivity contribution in [1.82, 2.24) is 15.4 Å². The molecular formula is C25H40N4O6S. The number of aliphatic imine (C=N–C) groups is 1. The Bertz CT molecular complexity index is 950. The van der Waals surface area contributed by atoms with Gasteiger partial charge in [-0.2, -0.15) is 0 Å². The van der Waals surface area contributed by atoms with Gasteiger partial charge >= 0.3 is 5.97 Å². The number of rotatable bonds is 17. The summed E-state index contributed by atoms with van der Waals surface area (Å²) in [5.41, 5.74) is 0.678. The zero-order chi connectivity index (χ0) is 26.2. The maximum Gasteiger partial charge on any atom is 0.322 e. The lowest BCUT2D eigenvalue weighted by Gasteiger charge is -2.15. The van der Waals surface area contributed by atoms with Crippen molar-refractivity contribution in [3.63, 3.8) is 0 Å². The van der Waals surface area contributed by atoms with Crippen LogP contribution in [-0.2, 0) is 26.0 Å². The lowest BCUT2D eigenvalue weighted by molar-refractivity contribution is -0.139. The molecule has 10 nitrogen and oxygen atoms in total. The molecule has 0 spiro atoms. The van der Waals surface area contributed by atoms with Gasteiger partial charge in [-0.3, -0.25) is 19.9 Å². The number of sulfonamides is 1. The van der Waals surface area contributed by atoms with Gasteiger partial charge in [0.15, 0.2) is 5.96 Å². The zero-order valence-corrected chi connectivity index (χ0v) is 21.9. The molecule has 0 aliphatic carbocycles. The molecule has 2 rings (SSSR count). The standard InChI is InChI=1S/C25H40N4O6S/c1-2-3-4-5-6-7-18-36(33,34)29-22(24(31)32)19-20-11-13-21(14-12-20)35-17-8-10-23(30)28-25-26-15-9-16-27-25/h11-14,22,29H,2-10,15-19H2,1H3,(H,31,32)(H2,26,27,28,30)/t22-/m0/s1. The molecule has 202 valence electrons. The summed E-state index contributed by atoms with van der Waals surface area (Å²) in [6, 6.07) is 5.61. The van der Waals surface area contributed by atoms with Crippen LogP contribution in [0.3, 0.4) is 0 Å². The number of unbranched alkanes of at least 4 members (excludes halogenated alkanes) is 5. The van der Waals surface area contributed by atoms with Gasteiger partial charge in [0, 0.05) is 19.5 Å². The van der Waals surface area contributed by atoms with Crippen molar-refractivity contribution < 1.29 is 27.9 Å². The van der Waals surface area contributed by atoms with Gasteiger partial charge in [-0.25, -0.2) is 13.1 Å². The van der Waals surface area contributed by atoms with Crippen molar-refractivity contribution in [2.75, 3.05) is 25.4 Å². The highest BCUT2D eigenvalue weighted by molar-refractivity contribution is 7.89. The van der Waals surface area contributed by atoms with E-state index < -0.39 is 22.0 Å². The van der Waals surface area contributed by atoms with Gasteiger partial charge in [0.25, 0.3) is 0 Å². The highest BCUT2D eigenvalue weighted by Crippen LogP contribution is 2.15. The van der Waals surface area contributed by atoms with Gasteiger partial charge in [0.1, 0.15) is 11.8 Å². The molecule has 1 heterocycles. The zero-order valence-electron chi connectivity index (χ0n) is 21.1. The van der Waals surface area contributed by atoms with Gasteiger partial charge in [-0.05, 0) is 43.4 Å². The van der Waals surface area contributed by atoms with Crippen LogP contribution in [0.15, 0.2) is 29.3 Å². The molecule has 1 aliphatic rings. The number of benzene rings is 1. The average Bonchev–Trinajstić information content (AvgIpc) is 2.85. The van der Waals surface area contributed by atoms with Crippen LogP contribution in [0.5, 0.6) is 5.75 Å². The van der Waals surface area contributed by atoms with Crippen LogP contribution in [0.2, 0.25) is 0 Å². The van der Waals surface area contributed by atoms with Crippen molar-refractivity contribution >= 4 is 27.9 Å². The fourth-order valence-corrected chi connectivity index (χ4v) is 5.04. The molecule has 0 fully saturated rings. The summed E-state index contributed by atoms with van der Waals surface area (Å²) in [5.74, 6) is -0.298. The summed E-state index contributed by atoms with van der Waals surface area (Å²) in [4.78, 5) is 27.8. The monoisotopic (exact) mass is 524 g/mol. The number of carbonyl (C=O) groups is 2. The first kappa shape index (κ1) is 29.6. The third-order valence-corrected chi connectivity index (χ3v) is 7.19. The quantitative estimate of drug-likeness (QED) is 0.229. The van der Waals surface area contributed by atoms with Crippen molar-refractivity contribution in [1.29, 1.82) is 0 Å². The molecule has 4 N–H and O–H groups in total. The summed E-state index contributed by atoms with van der Waals surface area (Å²) in [6.45, 7) is 3.98. The predicted molar refractivity (Wildman–Crippen MR) is 140 cm³/mol. The van der Waals surface area contributed by atoms with Gasteiger partial charge < -0.3 is 15.2 Å². The smallest absolute Gasteiger partial charge is 0.322 e. The van der Waals surface area contributed by atoms with E-state index in [9.17, 15) is 23.1 Å². The normalized spacial score (nSPS) is 14.4. The van der Waals surface area contributed by atoms with Gasteiger partial charge in [-0.15, -0.1) is 0 Å². The summed E-state index contributed by atoms with van der Waals surface area (Å²) in [7, 11) is -3.68. The molecule has 0 unspecified atom stereocenters. The molecule has 1 aliphatic heterocycles. The van der Waals surface area contributed by atoms with Crippen molar-refractivity contribution in [3.8, 4) is 5.75 Å². The number of amides is 1. The molecule has 1 amide bonds. The Morgan fingerprint density at radius 3 is 2.50 bits per heavy atom. The summed E-state index contributed by atoms with van der Waals surface area (Å²) in [5, 5.41) is 15.3.